The summed E-state index contributed by atoms with van der Waals surface area (Å²) in [6, 6.07) is 31.6. The number of benzene rings is 3. The average Bonchev–Trinajstić information content (AvgIpc) is 2.81. The zero-order valence-electron chi connectivity index (χ0n) is 20.0. The Hall–Kier alpha value is -2.20. The first-order valence-electron chi connectivity index (χ1n) is 11.8. The Morgan fingerprint density at radius 2 is 1.19 bits per heavy atom. The molecule has 3 rings (SSSR count). The summed E-state index contributed by atoms with van der Waals surface area (Å²) in [7, 11) is -2.46. The van der Waals surface area contributed by atoms with Crippen molar-refractivity contribution in [3.8, 4) is 0 Å². The lowest BCUT2D eigenvalue weighted by Gasteiger charge is -2.43. The van der Waals surface area contributed by atoms with Gasteiger partial charge >= 0.3 is 0 Å². The Morgan fingerprint density at radius 3 is 1.66 bits per heavy atom. The summed E-state index contributed by atoms with van der Waals surface area (Å²) in [5.41, 5.74) is 1.00. The van der Waals surface area contributed by atoms with E-state index >= 15 is 0 Å². The van der Waals surface area contributed by atoms with Crippen LogP contribution in [-0.4, -0.2) is 20.0 Å². The predicted octanol–water partition coefficient (Wildman–Crippen LogP) is 6.10. The van der Waals surface area contributed by atoms with Crippen molar-refractivity contribution < 1.29 is 9.53 Å². The summed E-state index contributed by atoms with van der Waals surface area (Å²) in [5.74, 6) is 0.492. The number of aliphatic hydroxyl groups excluding tert-OH is 1. The Labute approximate surface area is 195 Å². The summed E-state index contributed by atoms with van der Waals surface area (Å²) in [5, 5.41) is 13.2. The van der Waals surface area contributed by atoms with E-state index in [2.05, 4.69) is 88.4 Å². The van der Waals surface area contributed by atoms with Gasteiger partial charge in [0.1, 0.15) is 0 Å². The molecule has 1 N–H and O–H groups in total. The standard InChI is InChI=1S/C29H38O2Si/c1-24(20-21-28(30)25-14-8-5-9-15-25)22-23-31-32(29(2,3)4,26-16-10-6-11-17-26)27-18-12-7-13-19-27/h5-19,24,28,30H,20-23H2,1-4H3. The van der Waals surface area contributed by atoms with Crippen molar-refractivity contribution in [2.24, 2.45) is 5.92 Å². The summed E-state index contributed by atoms with van der Waals surface area (Å²) < 4.78 is 7.00. The topological polar surface area (TPSA) is 29.5 Å². The molecule has 0 heterocycles. The molecule has 3 aromatic rings. The fraction of sp³-hybridized carbons (Fsp3) is 0.379. The van der Waals surface area contributed by atoms with Gasteiger partial charge in [0.05, 0.1) is 6.10 Å². The molecule has 2 atom stereocenters. The van der Waals surface area contributed by atoms with Crippen molar-refractivity contribution in [3.63, 3.8) is 0 Å². The van der Waals surface area contributed by atoms with Crippen molar-refractivity contribution in [1.29, 1.82) is 0 Å². The third kappa shape index (κ3) is 5.77. The molecule has 3 aromatic carbocycles. The SMILES string of the molecule is CC(CCO[Si](c1ccccc1)(c1ccccc1)C(C)(C)C)CCC(O)c1ccccc1. The van der Waals surface area contributed by atoms with Crippen LogP contribution in [0.25, 0.3) is 0 Å². The van der Waals surface area contributed by atoms with Gasteiger partial charge in [0.2, 0.25) is 0 Å². The van der Waals surface area contributed by atoms with Crippen molar-refractivity contribution in [3.05, 3.63) is 96.6 Å². The van der Waals surface area contributed by atoms with E-state index in [-0.39, 0.29) is 5.04 Å². The molecule has 0 radical (unpaired) electrons. The molecule has 2 unspecified atom stereocenters. The van der Waals surface area contributed by atoms with Crippen LogP contribution in [0.3, 0.4) is 0 Å². The first-order chi connectivity index (χ1) is 15.3. The van der Waals surface area contributed by atoms with Gasteiger partial charge in [-0.1, -0.05) is 119 Å². The molecule has 0 bridgehead atoms. The summed E-state index contributed by atoms with van der Waals surface area (Å²) >= 11 is 0. The van der Waals surface area contributed by atoms with Crippen LogP contribution in [0, 0.1) is 5.92 Å². The minimum absolute atomic E-state index is 0.00243. The van der Waals surface area contributed by atoms with Crippen LogP contribution in [0.5, 0.6) is 0 Å². The molecule has 0 fully saturated rings. The second kappa shape index (κ2) is 11.1. The normalized spacial score (nSPS) is 14.2. The summed E-state index contributed by atoms with van der Waals surface area (Å²) in [6.07, 6.45) is 2.37. The third-order valence-corrected chi connectivity index (χ3v) is 11.5. The molecule has 0 amide bonds. The van der Waals surface area contributed by atoms with Gasteiger partial charge < -0.3 is 9.53 Å². The van der Waals surface area contributed by atoms with Crippen LogP contribution < -0.4 is 10.4 Å². The highest BCUT2D eigenvalue weighted by Crippen LogP contribution is 2.37. The maximum absolute atomic E-state index is 10.5. The van der Waals surface area contributed by atoms with E-state index in [9.17, 15) is 5.11 Å². The molecule has 2 nitrogen and oxygen atoms in total. The van der Waals surface area contributed by atoms with Gasteiger partial charge in [-0.05, 0) is 46.2 Å². The Kier molecular flexibility index (Phi) is 8.47. The maximum atomic E-state index is 10.5. The van der Waals surface area contributed by atoms with Gasteiger partial charge in [-0.2, -0.15) is 0 Å². The maximum Gasteiger partial charge on any atom is 0.261 e. The number of rotatable bonds is 10. The van der Waals surface area contributed by atoms with Crippen LogP contribution >= 0.6 is 0 Å². The minimum atomic E-state index is -2.46. The highest BCUT2D eigenvalue weighted by atomic mass is 28.4. The Balaban J connectivity index is 1.71. The monoisotopic (exact) mass is 446 g/mol. The molecule has 3 heteroatoms. The predicted molar refractivity (Wildman–Crippen MR) is 138 cm³/mol. The molecular formula is C29H38O2Si. The molecule has 0 aliphatic heterocycles. The van der Waals surface area contributed by atoms with Gasteiger partial charge in [-0.3, -0.25) is 0 Å². The zero-order chi connectivity index (χ0) is 23.0. The molecular weight excluding hydrogens is 408 g/mol. The second-order valence-corrected chi connectivity index (χ2v) is 14.2. The fourth-order valence-electron chi connectivity index (χ4n) is 4.60. The molecule has 0 saturated carbocycles. The largest absolute Gasteiger partial charge is 0.407 e. The van der Waals surface area contributed by atoms with Gasteiger partial charge in [0, 0.05) is 6.61 Å². The zero-order valence-corrected chi connectivity index (χ0v) is 21.0. The lowest BCUT2D eigenvalue weighted by Crippen LogP contribution is -2.66. The summed E-state index contributed by atoms with van der Waals surface area (Å²) in [6.45, 7) is 9.96. The molecule has 0 spiro atoms. The van der Waals surface area contributed by atoms with Crippen LogP contribution in [0.1, 0.15) is 58.6 Å². The molecule has 170 valence electrons. The fourth-order valence-corrected chi connectivity index (χ4v) is 9.18. The van der Waals surface area contributed by atoms with E-state index < -0.39 is 14.4 Å². The van der Waals surface area contributed by atoms with E-state index in [0.717, 1.165) is 31.4 Å². The third-order valence-electron chi connectivity index (χ3n) is 6.46. The molecule has 0 aliphatic rings. The first-order valence-corrected chi connectivity index (χ1v) is 13.7. The van der Waals surface area contributed by atoms with Gasteiger partial charge in [-0.15, -0.1) is 0 Å². The van der Waals surface area contributed by atoms with Gasteiger partial charge in [0.15, 0.2) is 0 Å². The first kappa shape index (κ1) is 24.4. The van der Waals surface area contributed by atoms with Crippen molar-refractivity contribution in [2.75, 3.05) is 6.61 Å². The number of aliphatic hydroxyl groups is 1. The Bertz CT molecular complexity index is 880. The van der Waals surface area contributed by atoms with Crippen molar-refractivity contribution >= 4 is 18.7 Å². The van der Waals surface area contributed by atoms with E-state index in [4.69, 9.17) is 4.43 Å². The van der Waals surface area contributed by atoms with Crippen LogP contribution in [-0.2, 0) is 4.43 Å². The summed E-state index contributed by atoms with van der Waals surface area (Å²) in [4.78, 5) is 0. The van der Waals surface area contributed by atoms with Crippen LogP contribution in [0.4, 0.5) is 0 Å². The smallest absolute Gasteiger partial charge is 0.261 e. The number of hydrogen-bond donors (Lipinski definition) is 1. The lowest BCUT2D eigenvalue weighted by atomic mass is 9.97. The van der Waals surface area contributed by atoms with Gasteiger partial charge in [-0.25, -0.2) is 0 Å². The lowest BCUT2D eigenvalue weighted by molar-refractivity contribution is 0.154. The average molecular weight is 447 g/mol. The Morgan fingerprint density at radius 1 is 0.719 bits per heavy atom. The van der Waals surface area contributed by atoms with E-state index in [0.29, 0.717) is 5.92 Å². The molecule has 0 aromatic heterocycles. The van der Waals surface area contributed by atoms with Crippen LogP contribution in [0.2, 0.25) is 5.04 Å². The molecule has 0 saturated heterocycles. The van der Waals surface area contributed by atoms with Crippen molar-refractivity contribution in [1.82, 2.24) is 0 Å². The van der Waals surface area contributed by atoms with Crippen molar-refractivity contribution in [2.45, 2.75) is 58.1 Å². The quantitative estimate of drug-likeness (QED) is 0.381. The number of hydrogen-bond acceptors (Lipinski definition) is 2. The van der Waals surface area contributed by atoms with E-state index in [1.165, 1.54) is 10.4 Å². The van der Waals surface area contributed by atoms with Gasteiger partial charge in [0.25, 0.3) is 8.32 Å². The van der Waals surface area contributed by atoms with Crippen LogP contribution in [0.15, 0.2) is 91.0 Å². The van der Waals surface area contributed by atoms with E-state index in [1.54, 1.807) is 0 Å². The minimum Gasteiger partial charge on any atom is -0.407 e. The highest BCUT2D eigenvalue weighted by Gasteiger charge is 2.49. The second-order valence-electron chi connectivity index (χ2n) is 9.91. The molecule has 0 aliphatic carbocycles. The van der Waals surface area contributed by atoms with E-state index in [1.807, 2.05) is 30.3 Å². The molecule has 32 heavy (non-hydrogen) atoms. The highest BCUT2D eigenvalue weighted by molar-refractivity contribution is 6.99.